The smallest absolute Gasteiger partial charge is 0.430 e. The number of nitrogens with zero attached hydrogens (tertiary/aromatic N) is 3. The number of para-hydroxylation sites is 1. The van der Waals surface area contributed by atoms with E-state index in [1.165, 1.54) is 12.3 Å². The summed E-state index contributed by atoms with van der Waals surface area (Å²) >= 11 is 0. The first-order valence-corrected chi connectivity index (χ1v) is 9.60. The van der Waals surface area contributed by atoms with Gasteiger partial charge >= 0.3 is 12.3 Å². The number of alkyl halides is 3. The molecular formula is C20H16F3N5O3. The van der Waals surface area contributed by atoms with Crippen LogP contribution in [-0.4, -0.2) is 39.5 Å². The number of carbonyl (C=O) groups excluding carboxylic acids is 2. The number of ether oxygens (including phenoxy) is 1. The summed E-state index contributed by atoms with van der Waals surface area (Å²) in [5, 5.41) is 10.3. The lowest BCUT2D eigenvalue weighted by molar-refractivity contribution is -0.206. The van der Waals surface area contributed by atoms with Crippen LogP contribution >= 0.6 is 0 Å². The van der Waals surface area contributed by atoms with Crippen LogP contribution in [0.5, 0.6) is 0 Å². The maximum Gasteiger partial charge on any atom is 0.430 e. The lowest BCUT2D eigenvalue weighted by Gasteiger charge is -2.28. The van der Waals surface area contributed by atoms with Gasteiger partial charge in [0.2, 0.25) is 12.0 Å². The molecule has 31 heavy (non-hydrogen) atoms. The van der Waals surface area contributed by atoms with Gasteiger partial charge in [-0.15, -0.1) is 0 Å². The van der Waals surface area contributed by atoms with Gasteiger partial charge in [-0.05, 0) is 18.6 Å². The largest absolute Gasteiger partial charge is 0.431 e. The van der Waals surface area contributed by atoms with Gasteiger partial charge in [-0.2, -0.15) is 18.3 Å². The van der Waals surface area contributed by atoms with E-state index in [1.807, 2.05) is 6.07 Å². The van der Waals surface area contributed by atoms with Crippen LogP contribution in [0.2, 0.25) is 0 Å². The Labute approximate surface area is 173 Å². The Bertz CT molecular complexity index is 1210. The quantitative estimate of drug-likeness (QED) is 0.645. The van der Waals surface area contributed by atoms with Crippen LogP contribution < -0.4 is 10.6 Å². The summed E-state index contributed by atoms with van der Waals surface area (Å²) in [6.07, 6.45) is -6.33. The van der Waals surface area contributed by atoms with Gasteiger partial charge in [0.05, 0.1) is 17.1 Å². The Kier molecular flexibility index (Phi) is 4.34. The summed E-state index contributed by atoms with van der Waals surface area (Å²) in [6, 6.07) is 8.33. The monoisotopic (exact) mass is 431 g/mol. The summed E-state index contributed by atoms with van der Waals surface area (Å²) < 4.78 is 47.5. The van der Waals surface area contributed by atoms with Crippen LogP contribution in [0, 0.1) is 0 Å². The second-order valence-corrected chi connectivity index (χ2v) is 7.38. The topological polar surface area (TPSA) is 98.1 Å². The Morgan fingerprint density at radius 2 is 1.97 bits per heavy atom. The number of nitrogens with one attached hydrogen (secondary N) is 2. The number of hydrogen-bond acceptors (Lipinski definition) is 5. The molecule has 5 rings (SSSR count). The summed E-state index contributed by atoms with van der Waals surface area (Å²) in [6.45, 7) is 0.494. The third-order valence-electron chi connectivity index (χ3n) is 5.43. The zero-order chi connectivity index (χ0) is 21.8. The Hall–Kier alpha value is -3.63. The highest BCUT2D eigenvalue weighted by atomic mass is 19.4. The molecular weight excluding hydrogens is 415 g/mol. The molecule has 1 saturated heterocycles. The van der Waals surface area contributed by atoms with Crippen molar-refractivity contribution in [2.24, 2.45) is 0 Å². The predicted molar refractivity (Wildman–Crippen MR) is 103 cm³/mol. The summed E-state index contributed by atoms with van der Waals surface area (Å²) in [4.78, 5) is 27.5. The Morgan fingerprint density at radius 3 is 2.74 bits per heavy atom. The summed E-state index contributed by atoms with van der Waals surface area (Å²) in [7, 11) is 0. The highest BCUT2D eigenvalue weighted by molar-refractivity contribution is 5.97. The van der Waals surface area contributed by atoms with Gasteiger partial charge in [0, 0.05) is 30.1 Å². The number of carbonyl (C=O) groups is 2. The number of piperidine rings is 1. The fourth-order valence-corrected chi connectivity index (χ4v) is 4.11. The van der Waals surface area contributed by atoms with E-state index >= 15 is 0 Å². The Morgan fingerprint density at radius 1 is 1.16 bits per heavy atom. The van der Waals surface area contributed by atoms with E-state index in [4.69, 9.17) is 0 Å². The number of pyridine rings is 1. The normalized spacial score (nSPS) is 21.3. The van der Waals surface area contributed by atoms with E-state index in [2.05, 4.69) is 25.5 Å². The third kappa shape index (κ3) is 3.25. The van der Waals surface area contributed by atoms with Crippen molar-refractivity contribution in [1.29, 1.82) is 0 Å². The van der Waals surface area contributed by atoms with E-state index in [0.29, 0.717) is 29.6 Å². The van der Waals surface area contributed by atoms with Crippen LogP contribution in [0.1, 0.15) is 30.6 Å². The molecule has 1 aromatic carbocycles. The average Bonchev–Trinajstić information content (AvgIpc) is 3.11. The minimum absolute atomic E-state index is 0.105. The van der Waals surface area contributed by atoms with Crippen LogP contribution in [-0.2, 0) is 9.53 Å². The fraction of sp³-hybridized carbons (Fsp3) is 0.300. The van der Waals surface area contributed by atoms with Crippen LogP contribution in [0.3, 0.4) is 0 Å². The van der Waals surface area contributed by atoms with Gasteiger partial charge in [-0.3, -0.25) is 14.8 Å². The molecule has 2 atom stereocenters. The van der Waals surface area contributed by atoms with Crippen molar-refractivity contribution in [1.82, 2.24) is 20.1 Å². The molecule has 0 saturated carbocycles. The highest BCUT2D eigenvalue weighted by Crippen LogP contribution is 2.46. The van der Waals surface area contributed by atoms with Gasteiger partial charge in [0.25, 0.3) is 0 Å². The van der Waals surface area contributed by atoms with Crippen LogP contribution in [0.4, 0.5) is 23.8 Å². The minimum Gasteiger partial charge on any atom is -0.431 e. The molecule has 2 aliphatic heterocycles. The van der Waals surface area contributed by atoms with Gasteiger partial charge in [-0.1, -0.05) is 18.2 Å². The molecule has 11 heteroatoms. The summed E-state index contributed by atoms with van der Waals surface area (Å²) in [5.41, 5.74) is 0.857. The van der Waals surface area contributed by atoms with Crippen molar-refractivity contribution in [3.8, 4) is 11.3 Å². The van der Waals surface area contributed by atoms with Gasteiger partial charge < -0.3 is 10.1 Å². The molecule has 2 amide bonds. The van der Waals surface area contributed by atoms with Gasteiger partial charge in [0.15, 0.2) is 0 Å². The molecule has 0 radical (unpaired) electrons. The van der Waals surface area contributed by atoms with E-state index in [1.54, 1.807) is 22.9 Å². The minimum atomic E-state index is -4.83. The van der Waals surface area contributed by atoms with Crippen LogP contribution in [0.25, 0.3) is 22.2 Å². The zero-order valence-electron chi connectivity index (χ0n) is 15.9. The molecule has 3 aromatic rings. The lowest BCUT2D eigenvalue weighted by atomic mass is 9.97. The van der Waals surface area contributed by atoms with E-state index in [-0.39, 0.29) is 35.3 Å². The van der Waals surface area contributed by atoms with E-state index < -0.39 is 18.4 Å². The van der Waals surface area contributed by atoms with Gasteiger partial charge in [0.1, 0.15) is 11.5 Å². The molecule has 8 nitrogen and oxygen atoms in total. The van der Waals surface area contributed by atoms with Crippen molar-refractivity contribution in [3.63, 3.8) is 0 Å². The third-order valence-corrected chi connectivity index (χ3v) is 5.43. The number of fused-ring (bicyclic) bond motifs is 2. The number of cyclic esters (lactones) is 1. The number of halogens is 3. The molecule has 1 fully saturated rings. The van der Waals surface area contributed by atoms with Crippen molar-refractivity contribution < 1.29 is 27.5 Å². The van der Waals surface area contributed by atoms with Crippen LogP contribution in [0.15, 0.2) is 36.5 Å². The number of hydrogen-bond donors (Lipinski definition) is 2. The lowest BCUT2D eigenvalue weighted by Crippen LogP contribution is -2.35. The maximum absolute atomic E-state index is 13.7. The second-order valence-electron chi connectivity index (χ2n) is 7.38. The first-order chi connectivity index (χ1) is 14.8. The fourth-order valence-electron chi connectivity index (χ4n) is 4.11. The molecule has 2 aliphatic rings. The molecule has 0 spiro atoms. The zero-order valence-corrected chi connectivity index (χ0v) is 15.9. The number of rotatable bonds is 2. The maximum atomic E-state index is 13.7. The first kappa shape index (κ1) is 19.3. The molecule has 2 N–H and O–H groups in total. The van der Waals surface area contributed by atoms with Crippen molar-refractivity contribution in [3.05, 3.63) is 42.1 Å². The highest BCUT2D eigenvalue weighted by Gasteiger charge is 2.49. The first-order valence-electron chi connectivity index (χ1n) is 9.60. The molecule has 4 heterocycles. The molecule has 160 valence electrons. The van der Waals surface area contributed by atoms with Crippen molar-refractivity contribution in [2.45, 2.75) is 31.2 Å². The van der Waals surface area contributed by atoms with Gasteiger partial charge in [-0.25, -0.2) is 9.78 Å². The average molecular weight is 431 g/mol. The molecule has 2 unspecified atom stereocenters. The number of benzene rings is 1. The van der Waals surface area contributed by atoms with E-state index in [9.17, 15) is 22.8 Å². The van der Waals surface area contributed by atoms with Crippen molar-refractivity contribution >= 4 is 28.7 Å². The molecule has 0 aliphatic carbocycles. The molecule has 2 aromatic heterocycles. The second kappa shape index (κ2) is 6.96. The Balaban J connectivity index is 1.72. The SMILES string of the molecule is O=C1CC(n2nc(-c3ccnc4c3C(C(F)(F)F)OC(=O)N4)c3ccccc32)CCN1. The summed E-state index contributed by atoms with van der Waals surface area (Å²) in [5.74, 6) is -0.321. The number of aromatic nitrogens is 3. The number of amides is 2. The standard InChI is InChI=1S/C20H16F3N5O3/c21-20(22,23)17-15-12(6-8-25-18(15)26-19(30)31-17)16-11-3-1-2-4-13(11)28(27-16)10-5-7-24-14(29)9-10/h1-4,6,8,10,17H,5,7,9H2,(H,24,29)(H,25,26,30). The van der Waals surface area contributed by atoms with Crippen molar-refractivity contribution in [2.75, 3.05) is 11.9 Å². The number of anilines is 1. The van der Waals surface area contributed by atoms with E-state index in [0.717, 1.165) is 0 Å². The molecule has 0 bridgehead atoms. The predicted octanol–water partition coefficient (Wildman–Crippen LogP) is 3.71.